The first-order valence-electron chi connectivity index (χ1n) is 19.0. The van der Waals surface area contributed by atoms with E-state index in [1.165, 1.54) is 6.92 Å². The second-order valence-electron chi connectivity index (χ2n) is 16.9. The quantitative estimate of drug-likeness (QED) is 0.0563. The zero-order chi connectivity index (χ0) is 39.8. The average Bonchev–Trinajstić information content (AvgIpc) is 3.64. The van der Waals surface area contributed by atoms with Gasteiger partial charge in [-0.2, -0.15) is 0 Å². The molecule has 2 saturated carbocycles. The van der Waals surface area contributed by atoms with E-state index in [0.717, 1.165) is 22.3 Å². The molecule has 8 heteroatoms. The van der Waals surface area contributed by atoms with E-state index in [1.807, 2.05) is 108 Å². The molecule has 0 aromatic heterocycles. The van der Waals surface area contributed by atoms with Crippen molar-refractivity contribution in [2.75, 3.05) is 6.61 Å². The molecule has 0 bridgehead atoms. The summed E-state index contributed by atoms with van der Waals surface area (Å²) in [6, 6.07) is 0. The third-order valence-corrected chi connectivity index (χ3v) is 11.0. The van der Waals surface area contributed by atoms with Gasteiger partial charge in [0.15, 0.2) is 5.78 Å². The van der Waals surface area contributed by atoms with Crippen LogP contribution >= 0.6 is 0 Å². The van der Waals surface area contributed by atoms with Crippen LogP contribution in [-0.2, 0) is 28.6 Å². The van der Waals surface area contributed by atoms with Gasteiger partial charge < -0.3 is 24.4 Å². The van der Waals surface area contributed by atoms with E-state index in [0.29, 0.717) is 50.5 Å². The van der Waals surface area contributed by atoms with Gasteiger partial charge in [-0.25, -0.2) is 0 Å². The molecule has 1 heterocycles. The third-order valence-electron chi connectivity index (χ3n) is 11.0. The molecule has 2 N–H and O–H groups in total. The van der Waals surface area contributed by atoms with Gasteiger partial charge in [0.05, 0.1) is 17.3 Å². The van der Waals surface area contributed by atoms with E-state index in [4.69, 9.17) is 14.2 Å². The van der Waals surface area contributed by atoms with Crippen LogP contribution < -0.4 is 0 Å². The van der Waals surface area contributed by atoms with Crippen molar-refractivity contribution in [3.63, 3.8) is 0 Å². The molecule has 0 aromatic carbocycles. The standard InChI is InChI=1S/C45H64O8/c1-12-40(49)51-30-35(23-24-39-41(6,7)27-37(52-34(5)46)28-43(39,10)50)22-16-20-32(3)18-14-13-17-31(2)19-15-21-33(4)38(48)29-45-42(8,9)25-36(47)26-44(45,11)53-45/h13-22,24,36-37,47,50H,12,23,25-30H2,1-11H3/b14-13+,19-15+,20-16+,31-17+,32-18+,33-21+,35-22-,39-24?/t36-,37-,43+,44+,45-/m0/s1. The van der Waals surface area contributed by atoms with Crippen molar-refractivity contribution >= 4 is 17.7 Å². The molecule has 8 nitrogen and oxygen atoms in total. The molecule has 5 atom stereocenters. The van der Waals surface area contributed by atoms with Gasteiger partial charge in [0.25, 0.3) is 0 Å². The van der Waals surface area contributed by atoms with E-state index < -0.39 is 22.9 Å². The highest BCUT2D eigenvalue weighted by Crippen LogP contribution is 2.67. The maximum absolute atomic E-state index is 13.1. The molecule has 1 saturated heterocycles. The van der Waals surface area contributed by atoms with Crippen molar-refractivity contribution in [1.29, 1.82) is 0 Å². The fourth-order valence-corrected chi connectivity index (χ4v) is 8.35. The number of hydrogen-bond acceptors (Lipinski definition) is 8. The van der Waals surface area contributed by atoms with E-state index >= 15 is 0 Å². The first-order valence-corrected chi connectivity index (χ1v) is 19.0. The molecule has 0 aromatic rings. The Labute approximate surface area is 318 Å². The highest BCUT2D eigenvalue weighted by Gasteiger charge is 2.76. The summed E-state index contributed by atoms with van der Waals surface area (Å²) in [6.07, 6.45) is 24.0. The van der Waals surface area contributed by atoms with Crippen LogP contribution in [0.4, 0.5) is 0 Å². The van der Waals surface area contributed by atoms with Crippen LogP contribution in [0.2, 0.25) is 0 Å². The molecule has 0 spiro atoms. The Kier molecular flexibility index (Phi) is 14.6. The normalized spacial score (nSPS) is 31.3. The van der Waals surface area contributed by atoms with Gasteiger partial charge in [-0.05, 0) is 81.4 Å². The second kappa shape index (κ2) is 17.7. The summed E-state index contributed by atoms with van der Waals surface area (Å²) >= 11 is 0. The van der Waals surface area contributed by atoms with Gasteiger partial charge in [-0.1, -0.05) is 113 Å². The maximum Gasteiger partial charge on any atom is 0.305 e. The summed E-state index contributed by atoms with van der Waals surface area (Å²) in [6.45, 7) is 21.2. The second-order valence-corrected chi connectivity index (χ2v) is 16.9. The van der Waals surface area contributed by atoms with Crippen LogP contribution in [-0.4, -0.2) is 63.6 Å². The molecule has 3 rings (SSSR count). The first kappa shape index (κ1) is 43.8. The summed E-state index contributed by atoms with van der Waals surface area (Å²) in [7, 11) is 0. The van der Waals surface area contributed by atoms with Gasteiger partial charge >= 0.3 is 11.9 Å². The third kappa shape index (κ3) is 11.7. The minimum Gasteiger partial charge on any atom is -0.462 e. The Balaban J connectivity index is 1.61. The molecular weight excluding hydrogens is 668 g/mol. The summed E-state index contributed by atoms with van der Waals surface area (Å²) in [5.74, 6) is -0.560. The summed E-state index contributed by atoms with van der Waals surface area (Å²) in [5.41, 5.74) is 1.73. The number of aliphatic hydroxyl groups is 2. The number of fused-ring (bicyclic) bond motifs is 1. The van der Waals surface area contributed by atoms with Crippen LogP contribution in [0, 0.1) is 10.8 Å². The maximum atomic E-state index is 13.1. The van der Waals surface area contributed by atoms with Crippen LogP contribution in [0.5, 0.6) is 0 Å². The number of hydrogen-bond donors (Lipinski definition) is 2. The Bertz CT molecular complexity index is 1600. The van der Waals surface area contributed by atoms with E-state index in [9.17, 15) is 24.6 Å². The Hall–Kier alpha value is -3.59. The molecule has 53 heavy (non-hydrogen) atoms. The minimum atomic E-state index is -1.14. The number of carbonyl (C=O) groups is 3. The topological polar surface area (TPSA) is 123 Å². The predicted octanol–water partition coefficient (Wildman–Crippen LogP) is 8.86. The average molecular weight is 733 g/mol. The molecule has 0 radical (unpaired) electrons. The van der Waals surface area contributed by atoms with Crippen molar-refractivity contribution in [2.45, 2.75) is 150 Å². The SMILES string of the molecule is CCC(=O)OC\C(=C/C=C/C(C)=C/C=C/C=C(C)/C=C/C=C(\C)C(=O)C[C@@]12O[C@]1(C)C[C@@H](O)CC2(C)C)CC=C1C(C)(C)C[C@H](OC(C)=O)C[C@@]1(C)O. The molecule has 292 valence electrons. The van der Waals surface area contributed by atoms with Crippen molar-refractivity contribution in [3.8, 4) is 0 Å². The first-order chi connectivity index (χ1) is 24.6. The number of ketones is 1. The molecular formula is C45H64O8. The highest BCUT2D eigenvalue weighted by molar-refractivity contribution is 5.96. The van der Waals surface area contributed by atoms with Gasteiger partial charge in [0.1, 0.15) is 18.3 Å². The van der Waals surface area contributed by atoms with Crippen LogP contribution in [0.1, 0.15) is 121 Å². The number of esters is 2. The Morgan fingerprint density at radius 3 is 1.98 bits per heavy atom. The van der Waals surface area contributed by atoms with Crippen LogP contribution in [0.15, 0.2) is 94.7 Å². The van der Waals surface area contributed by atoms with Gasteiger partial charge in [0, 0.05) is 32.6 Å². The molecule has 1 aliphatic heterocycles. The van der Waals surface area contributed by atoms with E-state index in [-0.39, 0.29) is 41.3 Å². The smallest absolute Gasteiger partial charge is 0.305 e. The van der Waals surface area contributed by atoms with Gasteiger partial charge in [-0.3, -0.25) is 14.4 Å². The number of rotatable bonds is 15. The number of epoxide rings is 1. The van der Waals surface area contributed by atoms with Crippen LogP contribution in [0.3, 0.4) is 0 Å². The van der Waals surface area contributed by atoms with Crippen LogP contribution in [0.25, 0.3) is 0 Å². The summed E-state index contributed by atoms with van der Waals surface area (Å²) in [5, 5.41) is 21.6. The molecule has 3 fully saturated rings. The number of allylic oxidation sites excluding steroid dienone is 14. The van der Waals surface area contributed by atoms with E-state index in [1.54, 1.807) is 13.8 Å². The van der Waals surface area contributed by atoms with Gasteiger partial charge in [-0.15, -0.1) is 0 Å². The fraction of sp³-hybridized carbons (Fsp3) is 0.578. The van der Waals surface area contributed by atoms with Crippen molar-refractivity contribution in [2.24, 2.45) is 10.8 Å². The number of Topliss-reactive ketones (excluding diaryl/α,β-unsaturated/α-hetero) is 1. The van der Waals surface area contributed by atoms with Gasteiger partial charge in [0.2, 0.25) is 0 Å². The summed E-state index contributed by atoms with van der Waals surface area (Å²) < 4.78 is 17.1. The monoisotopic (exact) mass is 732 g/mol. The molecule has 2 aliphatic carbocycles. The highest BCUT2D eigenvalue weighted by atomic mass is 16.6. The number of ether oxygens (including phenoxy) is 3. The molecule has 0 unspecified atom stereocenters. The lowest BCUT2D eigenvalue weighted by atomic mass is 9.61. The van der Waals surface area contributed by atoms with Crippen molar-refractivity contribution < 1.29 is 38.8 Å². The summed E-state index contributed by atoms with van der Waals surface area (Å²) in [4.78, 5) is 36.7. The minimum absolute atomic E-state index is 0.0657. The van der Waals surface area contributed by atoms with E-state index in [2.05, 4.69) is 13.8 Å². The fourth-order valence-electron chi connectivity index (χ4n) is 8.35. The zero-order valence-corrected chi connectivity index (χ0v) is 34.0. The van der Waals surface area contributed by atoms with Crippen molar-refractivity contribution in [3.05, 3.63) is 94.7 Å². The Morgan fingerprint density at radius 2 is 1.43 bits per heavy atom. The zero-order valence-electron chi connectivity index (χ0n) is 34.0. The number of carbonyl (C=O) groups excluding carboxylic acids is 3. The number of aliphatic hydroxyl groups excluding tert-OH is 1. The largest absolute Gasteiger partial charge is 0.462 e. The molecule has 3 aliphatic rings. The van der Waals surface area contributed by atoms with Crippen molar-refractivity contribution in [1.82, 2.24) is 0 Å². The predicted molar refractivity (Wildman–Crippen MR) is 211 cm³/mol. The molecule has 0 amide bonds. The lowest BCUT2D eigenvalue weighted by Crippen LogP contribution is -2.48. The lowest BCUT2D eigenvalue weighted by Gasteiger charge is -2.46. The lowest BCUT2D eigenvalue weighted by molar-refractivity contribution is -0.152. The Morgan fingerprint density at radius 1 is 0.830 bits per heavy atom.